The van der Waals surface area contributed by atoms with Crippen molar-refractivity contribution >= 4 is 38.6 Å². The van der Waals surface area contributed by atoms with Crippen molar-refractivity contribution < 1.29 is 12.8 Å². The first-order valence-electron chi connectivity index (χ1n) is 5.76. The summed E-state index contributed by atoms with van der Waals surface area (Å²) in [7, 11) is -2.29. The van der Waals surface area contributed by atoms with E-state index in [1.54, 1.807) is 12.1 Å². The van der Waals surface area contributed by atoms with Gasteiger partial charge in [0.15, 0.2) is 0 Å². The molecular weight excluding hydrogens is 321 g/mol. The SMILES string of the molecule is Cc1cc(S(=O)(=O)N(C)c2cccc(F)c2)sc1CCl. The van der Waals surface area contributed by atoms with Crippen LogP contribution in [0.5, 0.6) is 0 Å². The predicted octanol–water partition coefficient (Wildman–Crippen LogP) is 3.76. The van der Waals surface area contributed by atoms with Gasteiger partial charge in [0.1, 0.15) is 10.0 Å². The van der Waals surface area contributed by atoms with Crippen molar-refractivity contribution in [1.29, 1.82) is 0 Å². The van der Waals surface area contributed by atoms with Crippen molar-refractivity contribution in [1.82, 2.24) is 0 Å². The molecule has 0 atom stereocenters. The Morgan fingerprint density at radius 1 is 1.35 bits per heavy atom. The molecule has 0 N–H and O–H groups in total. The predicted molar refractivity (Wildman–Crippen MR) is 80.6 cm³/mol. The summed E-state index contributed by atoms with van der Waals surface area (Å²) in [5, 5.41) is 0. The van der Waals surface area contributed by atoms with Gasteiger partial charge in [0.2, 0.25) is 0 Å². The average molecular weight is 334 g/mol. The van der Waals surface area contributed by atoms with E-state index in [0.717, 1.165) is 26.1 Å². The lowest BCUT2D eigenvalue weighted by atomic mass is 10.3. The Morgan fingerprint density at radius 2 is 2.05 bits per heavy atom. The molecule has 2 rings (SSSR count). The fraction of sp³-hybridized carbons (Fsp3) is 0.231. The number of rotatable bonds is 4. The number of hydrogen-bond donors (Lipinski definition) is 0. The first-order chi connectivity index (χ1) is 9.36. The van der Waals surface area contributed by atoms with E-state index in [4.69, 9.17) is 11.6 Å². The number of aryl methyl sites for hydroxylation is 1. The summed E-state index contributed by atoms with van der Waals surface area (Å²) in [6, 6.07) is 7.06. The third kappa shape index (κ3) is 2.82. The zero-order valence-electron chi connectivity index (χ0n) is 10.9. The Hall–Kier alpha value is -1.11. The fourth-order valence-electron chi connectivity index (χ4n) is 1.69. The van der Waals surface area contributed by atoms with Crippen LogP contribution in [0.3, 0.4) is 0 Å². The van der Waals surface area contributed by atoms with Crippen LogP contribution < -0.4 is 4.31 Å². The normalized spacial score (nSPS) is 11.6. The van der Waals surface area contributed by atoms with Crippen molar-refractivity contribution in [2.75, 3.05) is 11.4 Å². The smallest absolute Gasteiger partial charge is 0.269 e. The molecule has 0 aliphatic rings. The van der Waals surface area contributed by atoms with Gasteiger partial charge in [0.05, 0.1) is 11.6 Å². The van der Waals surface area contributed by atoms with Crippen LogP contribution in [0, 0.1) is 12.7 Å². The summed E-state index contributed by atoms with van der Waals surface area (Å²) in [6.07, 6.45) is 0. The Bertz CT molecular complexity index is 728. The van der Waals surface area contributed by atoms with E-state index in [0.29, 0.717) is 0 Å². The van der Waals surface area contributed by atoms with Gasteiger partial charge in [-0.3, -0.25) is 4.31 Å². The Kier molecular flexibility index (Phi) is 4.36. The maximum atomic E-state index is 13.2. The second-order valence-electron chi connectivity index (χ2n) is 4.26. The standard InChI is InChI=1S/C13H13ClFNO2S2/c1-9-6-13(19-12(9)8-14)20(17,18)16(2)11-5-3-4-10(15)7-11/h3-7H,8H2,1-2H3. The number of halogens is 2. The number of hydrogen-bond acceptors (Lipinski definition) is 3. The molecular formula is C13H13ClFNO2S2. The van der Waals surface area contributed by atoms with E-state index in [1.807, 2.05) is 6.92 Å². The van der Waals surface area contributed by atoms with Crippen molar-refractivity contribution in [3.63, 3.8) is 0 Å². The topological polar surface area (TPSA) is 37.4 Å². The second-order valence-corrected chi connectivity index (χ2v) is 7.86. The Labute approximate surface area is 126 Å². The maximum Gasteiger partial charge on any atom is 0.273 e. The number of thiophene rings is 1. The van der Waals surface area contributed by atoms with E-state index in [9.17, 15) is 12.8 Å². The molecule has 0 bridgehead atoms. The molecule has 2 aromatic rings. The first-order valence-corrected chi connectivity index (χ1v) is 8.55. The zero-order chi connectivity index (χ0) is 14.9. The number of anilines is 1. The maximum absolute atomic E-state index is 13.2. The van der Waals surface area contributed by atoms with Gasteiger partial charge >= 0.3 is 0 Å². The highest BCUT2D eigenvalue weighted by Crippen LogP contribution is 2.31. The summed E-state index contributed by atoms with van der Waals surface area (Å²) in [5.41, 5.74) is 1.12. The lowest BCUT2D eigenvalue weighted by molar-refractivity contribution is 0.596. The Morgan fingerprint density at radius 3 is 2.60 bits per heavy atom. The van der Waals surface area contributed by atoms with Gasteiger partial charge < -0.3 is 0 Å². The lowest BCUT2D eigenvalue weighted by Gasteiger charge is -2.18. The molecule has 0 amide bonds. The highest BCUT2D eigenvalue weighted by molar-refractivity contribution is 7.94. The molecule has 0 spiro atoms. The van der Waals surface area contributed by atoms with Gasteiger partial charge in [-0.1, -0.05) is 6.07 Å². The van der Waals surface area contributed by atoms with Crippen molar-refractivity contribution in [3.05, 3.63) is 46.6 Å². The minimum absolute atomic E-state index is 0.206. The van der Waals surface area contributed by atoms with Crippen molar-refractivity contribution in [2.24, 2.45) is 0 Å². The highest BCUT2D eigenvalue weighted by Gasteiger charge is 2.24. The highest BCUT2D eigenvalue weighted by atomic mass is 35.5. The largest absolute Gasteiger partial charge is 0.273 e. The van der Waals surface area contributed by atoms with Crippen LogP contribution in [0.15, 0.2) is 34.5 Å². The fourth-order valence-corrected chi connectivity index (χ4v) is 4.87. The third-order valence-electron chi connectivity index (χ3n) is 2.91. The van der Waals surface area contributed by atoms with Gasteiger partial charge in [-0.05, 0) is 36.8 Å². The van der Waals surface area contributed by atoms with E-state index < -0.39 is 15.8 Å². The van der Waals surface area contributed by atoms with Crippen LogP contribution in [0.1, 0.15) is 10.4 Å². The van der Waals surface area contributed by atoms with E-state index >= 15 is 0 Å². The molecule has 108 valence electrons. The molecule has 1 aromatic carbocycles. The quantitative estimate of drug-likeness (QED) is 0.799. The molecule has 1 aromatic heterocycles. The van der Waals surface area contributed by atoms with Crippen LogP contribution in [-0.2, 0) is 15.9 Å². The zero-order valence-corrected chi connectivity index (χ0v) is 13.3. The molecule has 0 radical (unpaired) electrons. The number of nitrogens with zero attached hydrogens (tertiary/aromatic N) is 1. The number of benzene rings is 1. The van der Waals surface area contributed by atoms with E-state index in [2.05, 4.69) is 0 Å². The minimum atomic E-state index is -3.69. The van der Waals surface area contributed by atoms with Crippen LogP contribution >= 0.6 is 22.9 Å². The van der Waals surface area contributed by atoms with Crippen molar-refractivity contribution in [3.8, 4) is 0 Å². The molecule has 3 nitrogen and oxygen atoms in total. The van der Waals surface area contributed by atoms with Crippen LogP contribution in [0.4, 0.5) is 10.1 Å². The summed E-state index contributed by atoms with van der Waals surface area (Å²) in [6.45, 7) is 1.81. The van der Waals surface area contributed by atoms with Gasteiger partial charge in [-0.25, -0.2) is 12.8 Å². The first kappa shape index (κ1) is 15.3. The van der Waals surface area contributed by atoms with E-state index in [1.165, 1.54) is 25.2 Å². The van der Waals surface area contributed by atoms with Gasteiger partial charge in [0, 0.05) is 11.9 Å². The van der Waals surface area contributed by atoms with Crippen LogP contribution in [0.2, 0.25) is 0 Å². The van der Waals surface area contributed by atoms with Gasteiger partial charge in [-0.15, -0.1) is 22.9 Å². The summed E-state index contributed by atoms with van der Waals surface area (Å²) < 4.78 is 39.5. The third-order valence-corrected chi connectivity index (χ3v) is 6.80. The molecule has 0 fully saturated rings. The van der Waals surface area contributed by atoms with E-state index in [-0.39, 0.29) is 15.8 Å². The molecule has 0 unspecified atom stereocenters. The molecule has 0 saturated heterocycles. The molecule has 0 aliphatic heterocycles. The van der Waals surface area contributed by atoms with Crippen LogP contribution in [-0.4, -0.2) is 15.5 Å². The Balaban J connectivity index is 2.43. The monoisotopic (exact) mass is 333 g/mol. The summed E-state index contributed by atoms with van der Waals surface area (Å²) in [4.78, 5) is 0.817. The minimum Gasteiger partial charge on any atom is -0.269 e. The van der Waals surface area contributed by atoms with Gasteiger partial charge in [-0.2, -0.15) is 0 Å². The number of alkyl halides is 1. The van der Waals surface area contributed by atoms with Crippen LogP contribution in [0.25, 0.3) is 0 Å². The summed E-state index contributed by atoms with van der Waals surface area (Å²) in [5.74, 6) is -0.205. The molecule has 20 heavy (non-hydrogen) atoms. The molecule has 1 heterocycles. The molecule has 0 saturated carbocycles. The second kappa shape index (κ2) is 5.71. The molecule has 0 aliphatic carbocycles. The summed E-state index contributed by atoms with van der Waals surface area (Å²) >= 11 is 6.90. The molecule has 7 heteroatoms. The average Bonchev–Trinajstić information content (AvgIpc) is 2.79. The number of sulfonamides is 1. The van der Waals surface area contributed by atoms with Gasteiger partial charge in [0.25, 0.3) is 10.0 Å². The van der Waals surface area contributed by atoms with Crippen molar-refractivity contribution in [2.45, 2.75) is 17.0 Å². The lowest BCUT2D eigenvalue weighted by Crippen LogP contribution is -2.25.